The molecule has 0 radical (unpaired) electrons. The molecular formula is C15H20BrNO3. The molecule has 0 heterocycles. The summed E-state index contributed by atoms with van der Waals surface area (Å²) >= 11 is 3.14. The molecule has 20 heavy (non-hydrogen) atoms. The lowest BCUT2D eigenvalue weighted by molar-refractivity contribution is -0.120. The SMILES string of the molecule is CCN(CC(C)C(=O)CBr)C(=O)OCc1ccccc1. The van der Waals surface area contributed by atoms with Gasteiger partial charge in [0.2, 0.25) is 0 Å². The minimum atomic E-state index is -0.384. The third-order valence-corrected chi connectivity index (χ3v) is 3.57. The number of alkyl halides is 1. The highest BCUT2D eigenvalue weighted by Gasteiger charge is 2.20. The fraction of sp³-hybridized carbons (Fsp3) is 0.467. The Morgan fingerprint density at radius 3 is 2.50 bits per heavy atom. The Kier molecular flexibility index (Phi) is 7.30. The van der Waals surface area contributed by atoms with Crippen LogP contribution in [0.25, 0.3) is 0 Å². The highest BCUT2D eigenvalue weighted by Crippen LogP contribution is 2.07. The molecule has 0 saturated carbocycles. The smallest absolute Gasteiger partial charge is 0.410 e. The van der Waals surface area contributed by atoms with E-state index in [1.807, 2.05) is 44.2 Å². The van der Waals surface area contributed by atoms with Crippen LogP contribution >= 0.6 is 15.9 Å². The van der Waals surface area contributed by atoms with E-state index in [-0.39, 0.29) is 24.4 Å². The molecule has 0 aliphatic rings. The van der Waals surface area contributed by atoms with Gasteiger partial charge in [-0.3, -0.25) is 4.79 Å². The molecular weight excluding hydrogens is 322 g/mol. The zero-order valence-electron chi connectivity index (χ0n) is 11.8. The maximum atomic E-state index is 12.0. The number of Topliss-reactive ketones (excluding diaryl/α,β-unsaturated/α-hetero) is 1. The van der Waals surface area contributed by atoms with Crippen molar-refractivity contribution in [3.8, 4) is 0 Å². The minimum Gasteiger partial charge on any atom is -0.445 e. The largest absolute Gasteiger partial charge is 0.445 e. The van der Waals surface area contributed by atoms with Crippen molar-refractivity contribution >= 4 is 27.8 Å². The molecule has 5 heteroatoms. The number of carbonyl (C=O) groups is 2. The summed E-state index contributed by atoms with van der Waals surface area (Å²) in [6.07, 6.45) is -0.384. The third kappa shape index (κ3) is 5.33. The molecule has 0 saturated heterocycles. The Morgan fingerprint density at radius 1 is 1.30 bits per heavy atom. The number of nitrogens with zero attached hydrogens (tertiary/aromatic N) is 1. The topological polar surface area (TPSA) is 46.6 Å². The van der Waals surface area contributed by atoms with Gasteiger partial charge in [0.1, 0.15) is 12.4 Å². The molecule has 1 aromatic carbocycles. The number of ketones is 1. The number of carbonyl (C=O) groups excluding carboxylic acids is 2. The molecule has 110 valence electrons. The summed E-state index contributed by atoms with van der Waals surface area (Å²) in [4.78, 5) is 25.1. The number of amides is 1. The number of halogens is 1. The lowest BCUT2D eigenvalue weighted by Crippen LogP contribution is -2.37. The summed E-state index contributed by atoms with van der Waals surface area (Å²) in [6.45, 7) is 4.84. The predicted octanol–water partition coefficient (Wildman–Crippen LogP) is 3.25. The van der Waals surface area contributed by atoms with Crippen molar-refractivity contribution in [2.24, 2.45) is 5.92 Å². The summed E-state index contributed by atoms with van der Waals surface area (Å²) < 4.78 is 5.26. The standard InChI is InChI=1S/C15H20BrNO3/c1-3-17(10-12(2)14(18)9-16)15(19)20-11-13-7-5-4-6-8-13/h4-8,12H,3,9-11H2,1-2H3. The maximum absolute atomic E-state index is 12.0. The molecule has 1 atom stereocenters. The Balaban J connectivity index is 2.48. The van der Waals surface area contributed by atoms with Gasteiger partial charge < -0.3 is 9.64 Å². The summed E-state index contributed by atoms with van der Waals surface area (Å²) in [5.41, 5.74) is 0.946. The third-order valence-electron chi connectivity index (χ3n) is 3.02. The molecule has 0 bridgehead atoms. The zero-order chi connectivity index (χ0) is 15.0. The molecule has 0 N–H and O–H groups in total. The Morgan fingerprint density at radius 2 is 1.95 bits per heavy atom. The summed E-state index contributed by atoms with van der Waals surface area (Å²) in [7, 11) is 0. The fourth-order valence-electron chi connectivity index (χ4n) is 1.71. The van der Waals surface area contributed by atoms with Gasteiger partial charge in [-0.2, -0.15) is 0 Å². The van der Waals surface area contributed by atoms with Crippen LogP contribution in [0.4, 0.5) is 4.79 Å². The van der Waals surface area contributed by atoms with E-state index in [1.165, 1.54) is 0 Å². The summed E-state index contributed by atoms with van der Waals surface area (Å²) in [5.74, 6) is -0.113. The summed E-state index contributed by atoms with van der Waals surface area (Å²) in [6, 6.07) is 9.52. The lowest BCUT2D eigenvalue weighted by Gasteiger charge is -2.23. The number of hydrogen-bond acceptors (Lipinski definition) is 3. The molecule has 1 rings (SSSR count). The second-order valence-electron chi connectivity index (χ2n) is 4.58. The van der Waals surface area contributed by atoms with E-state index in [1.54, 1.807) is 4.90 Å². The molecule has 0 aliphatic heterocycles. The first-order valence-corrected chi connectivity index (χ1v) is 7.75. The molecule has 0 aliphatic carbocycles. The van der Waals surface area contributed by atoms with Gasteiger partial charge in [-0.25, -0.2) is 4.79 Å². The molecule has 1 aromatic rings. The average Bonchev–Trinajstić information content (AvgIpc) is 2.50. The van der Waals surface area contributed by atoms with Crippen LogP contribution in [0.5, 0.6) is 0 Å². The van der Waals surface area contributed by atoms with Crippen molar-refractivity contribution in [2.45, 2.75) is 20.5 Å². The zero-order valence-corrected chi connectivity index (χ0v) is 13.4. The molecule has 4 nitrogen and oxygen atoms in total. The van der Waals surface area contributed by atoms with Crippen LogP contribution in [0.3, 0.4) is 0 Å². The van der Waals surface area contributed by atoms with Crippen LogP contribution < -0.4 is 0 Å². The van der Waals surface area contributed by atoms with E-state index in [0.717, 1.165) is 5.56 Å². The van der Waals surface area contributed by atoms with Crippen LogP contribution in [-0.2, 0) is 16.1 Å². The Bertz CT molecular complexity index is 436. The number of hydrogen-bond donors (Lipinski definition) is 0. The van der Waals surface area contributed by atoms with Crippen LogP contribution in [-0.4, -0.2) is 35.2 Å². The van der Waals surface area contributed by atoms with E-state index in [9.17, 15) is 9.59 Å². The summed E-state index contributed by atoms with van der Waals surface area (Å²) in [5, 5.41) is 0.310. The van der Waals surface area contributed by atoms with Gasteiger partial charge in [0.25, 0.3) is 0 Å². The number of rotatable bonds is 7. The Labute approximate surface area is 128 Å². The van der Waals surface area contributed by atoms with E-state index in [0.29, 0.717) is 18.4 Å². The van der Waals surface area contributed by atoms with Gasteiger partial charge in [-0.1, -0.05) is 53.2 Å². The quantitative estimate of drug-likeness (QED) is 0.715. The molecule has 0 aromatic heterocycles. The predicted molar refractivity (Wildman–Crippen MR) is 81.8 cm³/mol. The van der Waals surface area contributed by atoms with Crippen molar-refractivity contribution in [3.05, 3.63) is 35.9 Å². The highest BCUT2D eigenvalue weighted by molar-refractivity contribution is 9.09. The van der Waals surface area contributed by atoms with Crippen molar-refractivity contribution in [2.75, 3.05) is 18.4 Å². The van der Waals surface area contributed by atoms with Crippen LogP contribution in [0, 0.1) is 5.92 Å². The first-order chi connectivity index (χ1) is 9.58. The van der Waals surface area contributed by atoms with Gasteiger partial charge in [0.05, 0.1) is 5.33 Å². The fourth-order valence-corrected chi connectivity index (χ4v) is 2.26. The molecule has 0 spiro atoms. The van der Waals surface area contributed by atoms with Gasteiger partial charge >= 0.3 is 6.09 Å². The van der Waals surface area contributed by atoms with Crippen molar-refractivity contribution in [1.29, 1.82) is 0 Å². The Hall–Kier alpha value is -1.36. The van der Waals surface area contributed by atoms with Gasteiger partial charge in [0, 0.05) is 19.0 Å². The van der Waals surface area contributed by atoms with E-state index in [4.69, 9.17) is 4.74 Å². The second-order valence-corrected chi connectivity index (χ2v) is 5.14. The second kappa shape index (κ2) is 8.74. The van der Waals surface area contributed by atoms with E-state index < -0.39 is 0 Å². The van der Waals surface area contributed by atoms with Crippen LogP contribution in [0.2, 0.25) is 0 Å². The van der Waals surface area contributed by atoms with Gasteiger partial charge in [-0.05, 0) is 12.5 Å². The average molecular weight is 342 g/mol. The number of ether oxygens (including phenoxy) is 1. The minimum absolute atomic E-state index is 0.0827. The normalized spacial score (nSPS) is 11.8. The molecule has 0 fully saturated rings. The van der Waals surface area contributed by atoms with Crippen molar-refractivity contribution < 1.29 is 14.3 Å². The maximum Gasteiger partial charge on any atom is 0.410 e. The van der Waals surface area contributed by atoms with Crippen LogP contribution in [0.15, 0.2) is 30.3 Å². The van der Waals surface area contributed by atoms with Crippen molar-refractivity contribution in [1.82, 2.24) is 4.90 Å². The molecule has 1 amide bonds. The van der Waals surface area contributed by atoms with Gasteiger partial charge in [0.15, 0.2) is 0 Å². The van der Waals surface area contributed by atoms with E-state index in [2.05, 4.69) is 15.9 Å². The highest BCUT2D eigenvalue weighted by atomic mass is 79.9. The van der Waals surface area contributed by atoms with E-state index >= 15 is 0 Å². The first kappa shape index (κ1) is 16.7. The lowest BCUT2D eigenvalue weighted by atomic mass is 10.1. The number of benzene rings is 1. The van der Waals surface area contributed by atoms with Crippen LogP contribution in [0.1, 0.15) is 19.4 Å². The monoisotopic (exact) mass is 341 g/mol. The van der Waals surface area contributed by atoms with Crippen molar-refractivity contribution in [3.63, 3.8) is 0 Å². The van der Waals surface area contributed by atoms with Gasteiger partial charge in [-0.15, -0.1) is 0 Å². The first-order valence-electron chi connectivity index (χ1n) is 6.62. The molecule has 1 unspecified atom stereocenters.